The Morgan fingerprint density at radius 1 is 1.53 bits per heavy atom. The van der Waals surface area contributed by atoms with Crippen LogP contribution in [-0.4, -0.2) is 25.7 Å². The highest BCUT2D eigenvalue weighted by Crippen LogP contribution is 2.23. The van der Waals surface area contributed by atoms with Crippen molar-refractivity contribution in [3.8, 4) is 5.75 Å². The smallest absolute Gasteiger partial charge is 0.319 e. The lowest BCUT2D eigenvalue weighted by Gasteiger charge is -2.10. The van der Waals surface area contributed by atoms with Gasteiger partial charge < -0.3 is 20.7 Å². The molecule has 0 spiro atoms. The average Bonchev–Trinajstić information content (AvgIpc) is 2.53. The van der Waals surface area contributed by atoms with Crippen LogP contribution in [0.3, 0.4) is 0 Å². The first-order valence-corrected chi connectivity index (χ1v) is 5.81. The molecule has 0 bridgehead atoms. The number of benzene rings is 1. The van der Waals surface area contributed by atoms with Crippen LogP contribution in [0, 0.1) is 0 Å². The zero-order chi connectivity index (χ0) is 12.1. The number of carbonyl (C=O) groups excluding carboxylic acids is 1. The highest BCUT2D eigenvalue weighted by molar-refractivity contribution is 5.89. The zero-order valence-electron chi connectivity index (χ0n) is 9.88. The Bertz CT molecular complexity index is 407. The Balaban J connectivity index is 2.09. The SMILES string of the molecule is CCNC(=O)Nc1ccc2c(c1)CNCCO2. The molecule has 1 aliphatic heterocycles. The summed E-state index contributed by atoms with van der Waals surface area (Å²) in [6.07, 6.45) is 0. The number of fused-ring (bicyclic) bond motifs is 1. The first-order valence-electron chi connectivity index (χ1n) is 5.81. The summed E-state index contributed by atoms with van der Waals surface area (Å²) in [4.78, 5) is 11.4. The fraction of sp³-hybridized carbons (Fsp3) is 0.417. The molecule has 3 N–H and O–H groups in total. The predicted molar refractivity (Wildman–Crippen MR) is 66.3 cm³/mol. The van der Waals surface area contributed by atoms with Crippen LogP contribution in [0.2, 0.25) is 0 Å². The van der Waals surface area contributed by atoms with E-state index in [0.29, 0.717) is 13.2 Å². The minimum Gasteiger partial charge on any atom is -0.492 e. The first kappa shape index (κ1) is 11.7. The van der Waals surface area contributed by atoms with Crippen molar-refractivity contribution in [2.75, 3.05) is 25.0 Å². The lowest BCUT2D eigenvalue weighted by Crippen LogP contribution is -2.28. The van der Waals surface area contributed by atoms with Gasteiger partial charge in [0.1, 0.15) is 12.4 Å². The normalized spacial score (nSPS) is 14.2. The Morgan fingerprint density at radius 2 is 2.41 bits per heavy atom. The Labute approximate surface area is 101 Å². The molecule has 1 aromatic carbocycles. The van der Waals surface area contributed by atoms with Crippen molar-refractivity contribution >= 4 is 11.7 Å². The van der Waals surface area contributed by atoms with Crippen molar-refractivity contribution in [1.82, 2.24) is 10.6 Å². The highest BCUT2D eigenvalue weighted by atomic mass is 16.5. The van der Waals surface area contributed by atoms with E-state index in [-0.39, 0.29) is 6.03 Å². The molecule has 0 unspecified atom stereocenters. The number of hydrogen-bond donors (Lipinski definition) is 3. The molecular weight excluding hydrogens is 218 g/mol. The Morgan fingerprint density at radius 3 is 3.24 bits per heavy atom. The maximum absolute atomic E-state index is 11.4. The van der Waals surface area contributed by atoms with E-state index in [1.54, 1.807) is 0 Å². The molecule has 5 heteroatoms. The summed E-state index contributed by atoms with van der Waals surface area (Å²) in [7, 11) is 0. The monoisotopic (exact) mass is 235 g/mol. The number of nitrogens with one attached hydrogen (secondary N) is 3. The van der Waals surface area contributed by atoms with Gasteiger partial charge >= 0.3 is 6.03 Å². The molecule has 17 heavy (non-hydrogen) atoms. The maximum atomic E-state index is 11.4. The zero-order valence-corrected chi connectivity index (χ0v) is 9.88. The van der Waals surface area contributed by atoms with E-state index in [2.05, 4.69) is 16.0 Å². The standard InChI is InChI=1S/C12H17N3O2/c1-2-14-12(16)15-10-3-4-11-9(7-10)8-13-5-6-17-11/h3-4,7,13H,2,5-6,8H2,1H3,(H2,14,15,16). The molecule has 2 rings (SSSR count). The molecule has 0 saturated heterocycles. The molecular formula is C12H17N3O2. The van der Waals surface area contributed by atoms with Gasteiger partial charge in [-0.1, -0.05) is 0 Å². The molecule has 0 saturated carbocycles. The molecule has 0 aromatic heterocycles. The van der Waals surface area contributed by atoms with Crippen molar-refractivity contribution in [3.05, 3.63) is 23.8 Å². The number of amides is 2. The van der Waals surface area contributed by atoms with Crippen LogP contribution in [-0.2, 0) is 6.54 Å². The van der Waals surface area contributed by atoms with Crippen LogP contribution in [0.1, 0.15) is 12.5 Å². The predicted octanol–water partition coefficient (Wildman–Crippen LogP) is 1.31. The van der Waals surface area contributed by atoms with Gasteiger partial charge in [0.25, 0.3) is 0 Å². The minimum atomic E-state index is -0.185. The van der Waals surface area contributed by atoms with Crippen LogP contribution < -0.4 is 20.7 Å². The van der Waals surface area contributed by atoms with Crippen LogP contribution in [0.4, 0.5) is 10.5 Å². The van der Waals surface area contributed by atoms with E-state index in [4.69, 9.17) is 4.74 Å². The quantitative estimate of drug-likeness (QED) is 0.724. The van der Waals surface area contributed by atoms with Crippen molar-refractivity contribution in [2.45, 2.75) is 13.5 Å². The van der Waals surface area contributed by atoms with Gasteiger partial charge in [0.15, 0.2) is 0 Å². The average molecular weight is 235 g/mol. The molecule has 5 nitrogen and oxygen atoms in total. The highest BCUT2D eigenvalue weighted by Gasteiger charge is 2.09. The fourth-order valence-electron chi connectivity index (χ4n) is 1.73. The summed E-state index contributed by atoms with van der Waals surface area (Å²) < 4.78 is 5.57. The molecule has 2 amide bonds. The summed E-state index contributed by atoms with van der Waals surface area (Å²) in [5.41, 5.74) is 1.85. The van der Waals surface area contributed by atoms with Crippen molar-refractivity contribution in [3.63, 3.8) is 0 Å². The topological polar surface area (TPSA) is 62.4 Å². The van der Waals surface area contributed by atoms with Gasteiger partial charge in [0, 0.05) is 30.9 Å². The summed E-state index contributed by atoms with van der Waals surface area (Å²) in [6.45, 7) is 4.78. The van der Waals surface area contributed by atoms with E-state index in [0.717, 1.165) is 30.1 Å². The third-order valence-electron chi connectivity index (χ3n) is 2.51. The summed E-state index contributed by atoms with van der Waals surface area (Å²) in [5, 5.41) is 8.73. The molecule has 1 aromatic rings. The third kappa shape index (κ3) is 3.10. The second kappa shape index (κ2) is 5.54. The Hall–Kier alpha value is -1.75. The number of hydrogen-bond acceptors (Lipinski definition) is 3. The lowest BCUT2D eigenvalue weighted by molar-refractivity contribution is 0.252. The molecule has 1 aliphatic rings. The van der Waals surface area contributed by atoms with E-state index < -0.39 is 0 Å². The van der Waals surface area contributed by atoms with E-state index in [1.165, 1.54) is 0 Å². The van der Waals surface area contributed by atoms with Crippen LogP contribution in [0.25, 0.3) is 0 Å². The van der Waals surface area contributed by atoms with Gasteiger partial charge in [0.2, 0.25) is 0 Å². The van der Waals surface area contributed by atoms with Crippen LogP contribution in [0.15, 0.2) is 18.2 Å². The summed E-state index contributed by atoms with van der Waals surface area (Å²) in [6, 6.07) is 5.49. The van der Waals surface area contributed by atoms with Gasteiger partial charge in [-0.15, -0.1) is 0 Å². The first-order chi connectivity index (χ1) is 8.29. The molecule has 92 valence electrons. The van der Waals surface area contributed by atoms with Crippen molar-refractivity contribution < 1.29 is 9.53 Å². The largest absolute Gasteiger partial charge is 0.492 e. The Kier molecular flexibility index (Phi) is 3.82. The molecule has 0 radical (unpaired) electrons. The number of anilines is 1. The van der Waals surface area contributed by atoms with Crippen LogP contribution >= 0.6 is 0 Å². The fourth-order valence-corrected chi connectivity index (χ4v) is 1.73. The second-order valence-corrected chi connectivity index (χ2v) is 3.83. The maximum Gasteiger partial charge on any atom is 0.319 e. The number of rotatable bonds is 2. The van der Waals surface area contributed by atoms with E-state index >= 15 is 0 Å². The molecule has 0 atom stereocenters. The molecule has 0 aliphatic carbocycles. The van der Waals surface area contributed by atoms with E-state index in [1.807, 2.05) is 25.1 Å². The van der Waals surface area contributed by atoms with Gasteiger partial charge in [-0.25, -0.2) is 4.79 Å². The van der Waals surface area contributed by atoms with Crippen molar-refractivity contribution in [1.29, 1.82) is 0 Å². The van der Waals surface area contributed by atoms with Gasteiger partial charge in [0.05, 0.1) is 0 Å². The molecule has 0 fully saturated rings. The lowest BCUT2D eigenvalue weighted by atomic mass is 10.2. The second-order valence-electron chi connectivity index (χ2n) is 3.83. The van der Waals surface area contributed by atoms with Gasteiger partial charge in [-0.3, -0.25) is 0 Å². The number of urea groups is 1. The third-order valence-corrected chi connectivity index (χ3v) is 2.51. The number of carbonyl (C=O) groups is 1. The van der Waals surface area contributed by atoms with E-state index in [9.17, 15) is 4.79 Å². The summed E-state index contributed by atoms with van der Waals surface area (Å²) in [5.74, 6) is 0.886. The van der Waals surface area contributed by atoms with Crippen LogP contribution in [0.5, 0.6) is 5.75 Å². The van der Waals surface area contributed by atoms with Gasteiger partial charge in [-0.05, 0) is 25.1 Å². The summed E-state index contributed by atoms with van der Waals surface area (Å²) >= 11 is 0. The molecule has 1 heterocycles. The van der Waals surface area contributed by atoms with Crippen molar-refractivity contribution in [2.24, 2.45) is 0 Å². The minimum absolute atomic E-state index is 0.185. The number of ether oxygens (including phenoxy) is 1. The van der Waals surface area contributed by atoms with Gasteiger partial charge in [-0.2, -0.15) is 0 Å².